The zero-order valence-electron chi connectivity index (χ0n) is 16.1. The van der Waals surface area contributed by atoms with E-state index in [0.717, 1.165) is 12.8 Å². The fraction of sp³-hybridized carbons (Fsp3) is 0.381. The summed E-state index contributed by atoms with van der Waals surface area (Å²) in [6, 6.07) is 6.76. The third kappa shape index (κ3) is 6.19. The molecule has 1 aromatic carbocycles. The zero-order chi connectivity index (χ0) is 21.9. The molecule has 160 valence electrons. The van der Waals surface area contributed by atoms with Crippen molar-refractivity contribution < 1.29 is 27.5 Å². The van der Waals surface area contributed by atoms with Crippen LogP contribution in [0.15, 0.2) is 36.5 Å². The minimum atomic E-state index is -4.45. The van der Waals surface area contributed by atoms with Crippen molar-refractivity contribution in [3.05, 3.63) is 58.4 Å². The fourth-order valence-corrected chi connectivity index (χ4v) is 3.25. The number of nitrogens with zero attached hydrogens (tertiary/aromatic N) is 1. The molecule has 0 bridgehead atoms. The van der Waals surface area contributed by atoms with Gasteiger partial charge in [-0.2, -0.15) is 13.2 Å². The number of halogens is 4. The minimum absolute atomic E-state index is 0.0151. The molecule has 1 saturated carbocycles. The third-order valence-corrected chi connectivity index (χ3v) is 4.98. The number of amides is 1. The van der Waals surface area contributed by atoms with E-state index >= 15 is 0 Å². The molecular weight excluding hydrogens is 421 g/mol. The number of alkyl halides is 3. The molecule has 1 aliphatic carbocycles. The van der Waals surface area contributed by atoms with E-state index in [1.807, 2.05) is 0 Å². The Kier molecular flexibility index (Phi) is 6.65. The van der Waals surface area contributed by atoms with E-state index in [1.54, 1.807) is 19.1 Å². The maximum Gasteiger partial charge on any atom is 0.422 e. The Bertz CT molecular complexity index is 945. The molecule has 0 aliphatic heterocycles. The lowest BCUT2D eigenvalue weighted by molar-refractivity contribution is -0.153. The number of nitrogens with one attached hydrogen (secondary N) is 1. The number of benzene rings is 1. The molecule has 5 nitrogen and oxygen atoms in total. The molecule has 1 N–H and O–H groups in total. The Morgan fingerprint density at radius 1 is 1.27 bits per heavy atom. The lowest BCUT2D eigenvalue weighted by Crippen LogP contribution is -2.27. The molecule has 0 saturated heterocycles. The van der Waals surface area contributed by atoms with Gasteiger partial charge < -0.3 is 10.1 Å². The Balaban J connectivity index is 1.63. The van der Waals surface area contributed by atoms with Crippen molar-refractivity contribution in [2.45, 2.75) is 38.4 Å². The summed E-state index contributed by atoms with van der Waals surface area (Å²) < 4.78 is 41.5. The number of hydrogen-bond donors (Lipinski definition) is 1. The normalized spacial score (nSPS) is 14.8. The summed E-state index contributed by atoms with van der Waals surface area (Å²) in [6.45, 7) is 0.288. The van der Waals surface area contributed by atoms with Crippen molar-refractivity contribution in [2.75, 3.05) is 6.61 Å². The number of carbonyl (C=O) groups is 2. The number of carbonyl (C=O) groups excluding carboxylic acids is 2. The molecule has 1 unspecified atom stereocenters. The summed E-state index contributed by atoms with van der Waals surface area (Å²) in [5.74, 6) is -0.139. The van der Waals surface area contributed by atoms with Gasteiger partial charge in [0.25, 0.3) is 5.91 Å². The highest BCUT2D eigenvalue weighted by Gasteiger charge is 2.30. The molecule has 1 heterocycles. The molecule has 1 atom stereocenters. The second kappa shape index (κ2) is 9.04. The molecule has 1 amide bonds. The minimum Gasteiger partial charge on any atom is -0.484 e. The standard InChI is InChI=1S/C21H20ClF3N2O3/c1-12(17-5-4-16(10-18(17)22)30-11-21(23,24)25)27-20(29)14-6-7-26-15(8-14)9-19(28)13-2-3-13/h4-8,10,12-13H,2-3,9,11H2,1H3,(H,27,29). The average molecular weight is 441 g/mol. The van der Waals surface area contributed by atoms with E-state index in [-0.39, 0.29) is 34.8 Å². The van der Waals surface area contributed by atoms with Crippen LogP contribution in [0, 0.1) is 5.92 Å². The van der Waals surface area contributed by atoms with E-state index in [0.29, 0.717) is 16.8 Å². The van der Waals surface area contributed by atoms with Crippen LogP contribution in [0.3, 0.4) is 0 Å². The molecule has 0 radical (unpaired) electrons. The lowest BCUT2D eigenvalue weighted by Gasteiger charge is -2.17. The van der Waals surface area contributed by atoms with Gasteiger partial charge >= 0.3 is 6.18 Å². The maximum absolute atomic E-state index is 12.6. The Labute approximate surface area is 176 Å². The number of ketones is 1. The van der Waals surface area contributed by atoms with Crippen molar-refractivity contribution in [1.29, 1.82) is 0 Å². The second-order valence-corrected chi connectivity index (χ2v) is 7.64. The van der Waals surface area contributed by atoms with E-state index in [4.69, 9.17) is 11.6 Å². The summed E-state index contributed by atoms with van der Waals surface area (Å²) in [5.41, 5.74) is 1.43. The number of pyridine rings is 1. The molecular formula is C21H20ClF3N2O3. The van der Waals surface area contributed by atoms with Crippen LogP contribution < -0.4 is 10.1 Å². The van der Waals surface area contributed by atoms with Gasteiger partial charge in [-0.25, -0.2) is 0 Å². The van der Waals surface area contributed by atoms with Crippen molar-refractivity contribution in [3.63, 3.8) is 0 Å². The largest absolute Gasteiger partial charge is 0.484 e. The molecule has 2 aromatic rings. The van der Waals surface area contributed by atoms with Gasteiger partial charge in [0.15, 0.2) is 6.61 Å². The first-order chi connectivity index (χ1) is 14.1. The first-order valence-corrected chi connectivity index (χ1v) is 9.77. The van der Waals surface area contributed by atoms with Crippen LogP contribution in [-0.2, 0) is 11.2 Å². The number of rotatable bonds is 8. The van der Waals surface area contributed by atoms with Crippen LogP contribution in [0.4, 0.5) is 13.2 Å². The van der Waals surface area contributed by atoms with Gasteiger partial charge in [0.2, 0.25) is 0 Å². The van der Waals surface area contributed by atoms with Gasteiger partial charge in [0.05, 0.1) is 6.04 Å². The van der Waals surface area contributed by atoms with Gasteiger partial charge in [-0.05, 0) is 49.6 Å². The van der Waals surface area contributed by atoms with Crippen LogP contribution >= 0.6 is 11.6 Å². The topological polar surface area (TPSA) is 68.3 Å². The van der Waals surface area contributed by atoms with E-state index in [9.17, 15) is 22.8 Å². The number of Topliss-reactive ketones (excluding diaryl/α,β-unsaturated/α-hetero) is 1. The first-order valence-electron chi connectivity index (χ1n) is 9.40. The summed E-state index contributed by atoms with van der Waals surface area (Å²) in [6.07, 6.45) is -0.935. The van der Waals surface area contributed by atoms with Crippen molar-refractivity contribution >= 4 is 23.3 Å². The average Bonchev–Trinajstić information content (AvgIpc) is 3.51. The van der Waals surface area contributed by atoms with E-state index in [1.165, 1.54) is 24.4 Å². The molecule has 3 rings (SSSR count). The molecule has 0 spiro atoms. The summed E-state index contributed by atoms with van der Waals surface area (Å²) in [4.78, 5) is 28.7. The first kappa shape index (κ1) is 22.1. The smallest absolute Gasteiger partial charge is 0.422 e. The molecule has 1 fully saturated rings. The van der Waals surface area contributed by atoms with Crippen LogP contribution in [-0.4, -0.2) is 29.5 Å². The van der Waals surface area contributed by atoms with Gasteiger partial charge in [-0.3, -0.25) is 14.6 Å². The Morgan fingerprint density at radius 3 is 2.63 bits per heavy atom. The number of ether oxygens (including phenoxy) is 1. The predicted octanol–water partition coefficient (Wildman–Crippen LogP) is 4.69. The van der Waals surface area contributed by atoms with Gasteiger partial charge in [-0.1, -0.05) is 17.7 Å². The highest BCUT2D eigenvalue weighted by Crippen LogP contribution is 2.31. The molecule has 30 heavy (non-hydrogen) atoms. The summed E-state index contributed by atoms with van der Waals surface area (Å²) in [5, 5.41) is 2.96. The second-order valence-electron chi connectivity index (χ2n) is 7.24. The fourth-order valence-electron chi connectivity index (χ4n) is 2.92. The number of aromatic nitrogens is 1. The molecule has 1 aliphatic rings. The highest BCUT2D eigenvalue weighted by molar-refractivity contribution is 6.31. The highest BCUT2D eigenvalue weighted by atomic mass is 35.5. The van der Waals surface area contributed by atoms with Crippen LogP contribution in [0.1, 0.15) is 47.4 Å². The lowest BCUT2D eigenvalue weighted by atomic mass is 10.1. The summed E-state index contributed by atoms with van der Waals surface area (Å²) >= 11 is 6.16. The number of hydrogen-bond acceptors (Lipinski definition) is 4. The van der Waals surface area contributed by atoms with Crippen molar-refractivity contribution in [2.24, 2.45) is 5.92 Å². The zero-order valence-corrected chi connectivity index (χ0v) is 16.9. The van der Waals surface area contributed by atoms with Crippen LogP contribution in [0.25, 0.3) is 0 Å². The summed E-state index contributed by atoms with van der Waals surface area (Å²) in [7, 11) is 0. The van der Waals surface area contributed by atoms with Gasteiger partial charge in [-0.15, -0.1) is 0 Å². The van der Waals surface area contributed by atoms with Crippen molar-refractivity contribution in [1.82, 2.24) is 10.3 Å². The quantitative estimate of drug-likeness (QED) is 0.646. The van der Waals surface area contributed by atoms with Crippen LogP contribution in [0.5, 0.6) is 5.75 Å². The maximum atomic E-state index is 12.6. The van der Waals surface area contributed by atoms with Crippen LogP contribution in [0.2, 0.25) is 5.02 Å². The predicted molar refractivity (Wildman–Crippen MR) is 105 cm³/mol. The van der Waals surface area contributed by atoms with E-state index < -0.39 is 18.8 Å². The van der Waals surface area contributed by atoms with Gasteiger partial charge in [0.1, 0.15) is 11.5 Å². The third-order valence-electron chi connectivity index (χ3n) is 4.66. The Hall–Kier alpha value is -2.61. The van der Waals surface area contributed by atoms with E-state index in [2.05, 4.69) is 15.0 Å². The monoisotopic (exact) mass is 440 g/mol. The molecule has 1 aromatic heterocycles. The SMILES string of the molecule is CC(NC(=O)c1ccnc(CC(=O)C2CC2)c1)c1ccc(OCC(F)(F)F)cc1Cl. The van der Waals surface area contributed by atoms with Crippen molar-refractivity contribution in [3.8, 4) is 5.75 Å². The molecule has 9 heteroatoms. The van der Waals surface area contributed by atoms with Gasteiger partial charge in [0, 0.05) is 34.8 Å². The Morgan fingerprint density at radius 2 is 2.00 bits per heavy atom.